The lowest BCUT2D eigenvalue weighted by molar-refractivity contribution is -0.220. The molecule has 29 heavy (non-hydrogen) atoms. The smallest absolute Gasteiger partial charge is 0.303 e. The van der Waals surface area contributed by atoms with Crippen LogP contribution in [0.5, 0.6) is 0 Å². The van der Waals surface area contributed by atoms with Crippen LogP contribution in [-0.2, 0) is 9.53 Å². The molecule has 0 aromatic heterocycles. The maximum Gasteiger partial charge on any atom is 0.303 e. The highest BCUT2D eigenvalue weighted by atomic mass is 16.5. The third-order valence-electron chi connectivity index (χ3n) is 10.8. The second-order valence-corrected chi connectivity index (χ2v) is 11.5. The second kappa shape index (κ2) is 5.46. The molecule has 1 saturated heterocycles. The lowest BCUT2D eigenvalue weighted by atomic mass is 9.43. The van der Waals surface area contributed by atoms with Gasteiger partial charge < -0.3 is 14.9 Å². The Kier molecular flexibility index (Phi) is 3.55. The van der Waals surface area contributed by atoms with Crippen LogP contribution >= 0.6 is 0 Å². The van der Waals surface area contributed by atoms with Crippen molar-refractivity contribution in [1.82, 2.24) is 4.90 Å². The zero-order chi connectivity index (χ0) is 20.5. The molecule has 0 radical (unpaired) electrons. The van der Waals surface area contributed by atoms with Gasteiger partial charge in [0.2, 0.25) is 0 Å². The Balaban J connectivity index is 1.58. The third-order valence-corrected chi connectivity index (χ3v) is 10.8. The number of aliphatic hydroxyl groups excluding tert-OH is 2. The molecule has 6 fully saturated rings. The molecule has 5 aliphatic carbocycles. The number of esters is 1. The number of carbonyl (C=O) groups excluding carboxylic acids is 1. The number of ether oxygens (including phenoxy) is 1. The quantitative estimate of drug-likeness (QED) is 0.549. The summed E-state index contributed by atoms with van der Waals surface area (Å²) in [6, 6.07) is 0.334. The summed E-state index contributed by atoms with van der Waals surface area (Å²) < 4.78 is 6.01. The number of aliphatic hydroxyl groups is 2. The SMILES string of the molecule is C=C1[C@H]2C[C@@]3([C@@H]1OC(C)=O)[C@@H](C[C@@H]2O)[C@@]12C4[C@@H]3C[C@@H]1[C@@](C)(CC[C@@H]2O)CN4CC. The van der Waals surface area contributed by atoms with Crippen LogP contribution in [0, 0.1) is 39.9 Å². The van der Waals surface area contributed by atoms with Gasteiger partial charge in [-0.3, -0.25) is 9.69 Å². The van der Waals surface area contributed by atoms with E-state index in [1.165, 1.54) is 6.92 Å². The summed E-state index contributed by atoms with van der Waals surface area (Å²) in [7, 11) is 0. The predicted molar refractivity (Wildman–Crippen MR) is 108 cm³/mol. The molecule has 1 aliphatic heterocycles. The summed E-state index contributed by atoms with van der Waals surface area (Å²) in [6.45, 7) is 12.6. The Hall–Kier alpha value is -0.910. The highest BCUT2D eigenvalue weighted by Gasteiger charge is 2.85. The van der Waals surface area contributed by atoms with E-state index in [9.17, 15) is 15.0 Å². The molecule has 5 saturated carbocycles. The third kappa shape index (κ3) is 1.81. The largest absolute Gasteiger partial charge is 0.457 e. The lowest BCUT2D eigenvalue weighted by Crippen LogP contribution is -2.68. The van der Waals surface area contributed by atoms with E-state index >= 15 is 0 Å². The van der Waals surface area contributed by atoms with Crippen molar-refractivity contribution in [3.63, 3.8) is 0 Å². The first-order valence-corrected chi connectivity index (χ1v) is 11.7. The Morgan fingerprint density at radius 3 is 2.76 bits per heavy atom. The van der Waals surface area contributed by atoms with E-state index in [4.69, 9.17) is 4.74 Å². The Bertz CT molecular complexity index is 798. The van der Waals surface area contributed by atoms with Gasteiger partial charge in [0.25, 0.3) is 0 Å². The van der Waals surface area contributed by atoms with Gasteiger partial charge in [0.15, 0.2) is 0 Å². The maximum absolute atomic E-state index is 12.1. The fraction of sp³-hybridized carbons (Fsp3) is 0.875. The fourth-order valence-corrected chi connectivity index (χ4v) is 10.3. The molecular formula is C24H35NO4. The van der Waals surface area contributed by atoms with Gasteiger partial charge in [-0.25, -0.2) is 0 Å². The molecule has 11 atom stereocenters. The van der Waals surface area contributed by atoms with Crippen molar-refractivity contribution in [2.24, 2.45) is 39.9 Å². The average Bonchev–Trinajstić information content (AvgIpc) is 3.19. The molecule has 7 bridgehead atoms. The van der Waals surface area contributed by atoms with E-state index in [-0.39, 0.29) is 46.3 Å². The molecule has 2 spiro atoms. The summed E-state index contributed by atoms with van der Waals surface area (Å²) in [5, 5.41) is 22.8. The van der Waals surface area contributed by atoms with Gasteiger partial charge in [-0.2, -0.15) is 0 Å². The Labute approximate surface area is 173 Å². The zero-order valence-electron chi connectivity index (χ0n) is 17.9. The van der Waals surface area contributed by atoms with Crippen LogP contribution in [0.25, 0.3) is 0 Å². The first-order valence-electron chi connectivity index (χ1n) is 11.7. The number of rotatable bonds is 2. The molecule has 5 heteroatoms. The summed E-state index contributed by atoms with van der Waals surface area (Å²) in [6.07, 6.45) is 3.58. The van der Waals surface area contributed by atoms with E-state index in [1.807, 2.05) is 0 Å². The van der Waals surface area contributed by atoms with Crippen molar-refractivity contribution < 1.29 is 19.7 Å². The van der Waals surface area contributed by atoms with Gasteiger partial charge in [0, 0.05) is 36.3 Å². The van der Waals surface area contributed by atoms with Crippen LogP contribution in [0.3, 0.4) is 0 Å². The fourth-order valence-electron chi connectivity index (χ4n) is 10.3. The zero-order valence-corrected chi connectivity index (χ0v) is 17.9. The minimum absolute atomic E-state index is 0.0217. The Morgan fingerprint density at radius 2 is 2.07 bits per heavy atom. The molecule has 2 N–H and O–H groups in total. The molecule has 1 unspecified atom stereocenters. The topological polar surface area (TPSA) is 70.0 Å². The first kappa shape index (κ1) is 18.8. The van der Waals surface area contributed by atoms with E-state index in [0.717, 1.165) is 50.8 Å². The molecule has 6 rings (SSSR count). The van der Waals surface area contributed by atoms with Crippen LogP contribution < -0.4 is 0 Å². The van der Waals surface area contributed by atoms with Crippen molar-refractivity contribution >= 4 is 5.97 Å². The number of nitrogens with zero attached hydrogens (tertiary/aromatic N) is 1. The molecule has 1 heterocycles. The minimum Gasteiger partial charge on any atom is -0.457 e. The molecule has 0 amide bonds. The van der Waals surface area contributed by atoms with E-state index in [1.54, 1.807) is 0 Å². The molecule has 0 aromatic carbocycles. The van der Waals surface area contributed by atoms with E-state index in [0.29, 0.717) is 17.9 Å². The van der Waals surface area contributed by atoms with Crippen molar-refractivity contribution in [3.8, 4) is 0 Å². The average molecular weight is 402 g/mol. The number of hydrogen-bond acceptors (Lipinski definition) is 5. The maximum atomic E-state index is 12.1. The van der Waals surface area contributed by atoms with Crippen LogP contribution in [0.2, 0.25) is 0 Å². The monoisotopic (exact) mass is 401 g/mol. The van der Waals surface area contributed by atoms with Gasteiger partial charge in [0.1, 0.15) is 6.10 Å². The van der Waals surface area contributed by atoms with Gasteiger partial charge in [-0.15, -0.1) is 0 Å². The summed E-state index contributed by atoms with van der Waals surface area (Å²) in [5.74, 6) is 0.875. The van der Waals surface area contributed by atoms with Crippen LogP contribution in [-0.4, -0.2) is 58.5 Å². The number of likely N-dealkylation sites (tertiary alicyclic amines) is 1. The van der Waals surface area contributed by atoms with Crippen molar-refractivity contribution in [2.45, 2.75) is 77.2 Å². The molecule has 6 aliphatic rings. The summed E-state index contributed by atoms with van der Waals surface area (Å²) in [4.78, 5) is 14.7. The van der Waals surface area contributed by atoms with E-state index in [2.05, 4.69) is 25.3 Å². The first-order chi connectivity index (χ1) is 13.7. The van der Waals surface area contributed by atoms with Gasteiger partial charge >= 0.3 is 5.97 Å². The van der Waals surface area contributed by atoms with Crippen LogP contribution in [0.4, 0.5) is 0 Å². The van der Waals surface area contributed by atoms with Crippen LogP contribution in [0.15, 0.2) is 12.2 Å². The lowest BCUT2D eigenvalue weighted by Gasteiger charge is -2.65. The predicted octanol–water partition coefficient (Wildman–Crippen LogP) is 2.36. The highest BCUT2D eigenvalue weighted by Crippen LogP contribution is 2.83. The molecule has 160 valence electrons. The van der Waals surface area contributed by atoms with Crippen molar-refractivity contribution in [1.29, 1.82) is 0 Å². The van der Waals surface area contributed by atoms with Crippen molar-refractivity contribution in [2.75, 3.05) is 13.1 Å². The van der Waals surface area contributed by atoms with Crippen molar-refractivity contribution in [3.05, 3.63) is 12.2 Å². The second-order valence-electron chi connectivity index (χ2n) is 11.5. The Morgan fingerprint density at radius 1 is 1.31 bits per heavy atom. The number of hydrogen-bond donors (Lipinski definition) is 2. The summed E-state index contributed by atoms with van der Waals surface area (Å²) >= 11 is 0. The van der Waals surface area contributed by atoms with Gasteiger partial charge in [-0.1, -0.05) is 20.4 Å². The van der Waals surface area contributed by atoms with E-state index < -0.39 is 6.10 Å². The number of carbonyl (C=O) groups is 1. The summed E-state index contributed by atoms with van der Waals surface area (Å²) in [5.41, 5.74) is 0.812. The van der Waals surface area contributed by atoms with Gasteiger partial charge in [0.05, 0.1) is 12.2 Å². The minimum atomic E-state index is -0.439. The van der Waals surface area contributed by atoms with Gasteiger partial charge in [-0.05, 0) is 67.4 Å². The highest BCUT2D eigenvalue weighted by molar-refractivity contribution is 5.67. The number of piperidine rings is 1. The normalized spacial score (nSPS) is 59.7. The number of fused-ring (bicyclic) bond motifs is 1. The molecular weight excluding hydrogens is 366 g/mol. The standard InChI is InChI=1S/C24H35NO4/c1-5-25-11-22(4)7-6-19(28)24-17(22)8-15(20(24)25)23-10-14(16(27)9-18(23)24)12(2)21(23)29-13(3)26/h14-21,27-28H,2,5-11H2,1,3-4H3/t14-,15+,16+,17-,18-,19+,20?,21-,22+,23+,24+/m1/s1. The molecule has 0 aromatic rings. The van der Waals surface area contributed by atoms with Crippen LogP contribution in [0.1, 0.15) is 52.9 Å². The molecule has 5 nitrogen and oxygen atoms in total.